The lowest BCUT2D eigenvalue weighted by atomic mass is 10.1. The van der Waals surface area contributed by atoms with Crippen molar-refractivity contribution in [1.29, 1.82) is 0 Å². The largest absolute Gasteiger partial charge is 0.447 e. The molecule has 1 amide bonds. The van der Waals surface area contributed by atoms with Gasteiger partial charge in [0.05, 0.1) is 0 Å². The fourth-order valence-electron chi connectivity index (χ4n) is 2.76. The van der Waals surface area contributed by atoms with E-state index in [4.69, 9.17) is 9.26 Å². The number of aromatic nitrogens is 2. The fourth-order valence-corrected chi connectivity index (χ4v) is 3.53. The molecule has 29 heavy (non-hydrogen) atoms. The average molecular weight is 415 g/mol. The highest BCUT2D eigenvalue weighted by atomic mass is 32.1. The van der Waals surface area contributed by atoms with Gasteiger partial charge in [-0.2, -0.15) is 0 Å². The van der Waals surface area contributed by atoms with E-state index in [0.29, 0.717) is 24.3 Å². The van der Waals surface area contributed by atoms with E-state index in [2.05, 4.69) is 10.5 Å². The zero-order valence-electron chi connectivity index (χ0n) is 16.1. The summed E-state index contributed by atoms with van der Waals surface area (Å²) in [6.45, 7) is 3.97. The van der Waals surface area contributed by atoms with E-state index in [1.807, 2.05) is 13.0 Å². The number of ether oxygens (including phenoxy) is 1. The number of nitrogens with one attached hydrogen (secondary N) is 1. The van der Waals surface area contributed by atoms with Crippen molar-refractivity contribution >= 4 is 29.0 Å². The number of nitrogens with zero attached hydrogens (tertiary/aromatic N) is 2. The molecular formula is C20H21N3O5S. The maximum absolute atomic E-state index is 12.7. The molecule has 1 unspecified atom stereocenters. The predicted octanol–water partition coefficient (Wildman–Crippen LogP) is 3.22. The van der Waals surface area contributed by atoms with Crippen LogP contribution in [0.25, 0.3) is 0 Å². The third kappa shape index (κ3) is 5.41. The maximum Gasteiger partial charge on any atom is 0.307 e. The molecule has 0 aliphatic heterocycles. The first kappa shape index (κ1) is 20.5. The molecule has 1 N–H and O–H groups in total. The highest BCUT2D eigenvalue weighted by molar-refractivity contribution is 7.07. The summed E-state index contributed by atoms with van der Waals surface area (Å²) in [5, 5.41) is 8.10. The molecule has 0 fully saturated rings. The second-order valence-electron chi connectivity index (χ2n) is 6.49. The fraction of sp³-hybridized carbons (Fsp3) is 0.300. The lowest BCUT2D eigenvalue weighted by molar-refractivity contribution is -0.154. The maximum atomic E-state index is 12.7. The molecule has 9 heteroatoms. The summed E-state index contributed by atoms with van der Waals surface area (Å²) in [5.74, 6) is -0.252. The lowest BCUT2D eigenvalue weighted by Crippen LogP contribution is -2.26. The van der Waals surface area contributed by atoms with Crippen molar-refractivity contribution in [3.63, 3.8) is 0 Å². The number of rotatable bonds is 8. The molecule has 1 aromatic carbocycles. The molecule has 1 atom stereocenters. The van der Waals surface area contributed by atoms with Crippen molar-refractivity contribution in [3.8, 4) is 0 Å². The zero-order chi connectivity index (χ0) is 20.8. The molecule has 3 aromatic rings. The van der Waals surface area contributed by atoms with Crippen LogP contribution < -0.4 is 10.2 Å². The van der Waals surface area contributed by atoms with E-state index < -0.39 is 18.0 Å². The van der Waals surface area contributed by atoms with Gasteiger partial charge in [-0.1, -0.05) is 46.8 Å². The molecule has 0 bridgehead atoms. The molecule has 0 saturated heterocycles. The second-order valence-corrected chi connectivity index (χ2v) is 7.31. The Labute approximate surface area is 171 Å². The third-order valence-electron chi connectivity index (χ3n) is 4.21. The first-order valence-corrected chi connectivity index (χ1v) is 9.95. The van der Waals surface area contributed by atoms with Gasteiger partial charge in [-0.15, -0.1) is 0 Å². The molecule has 0 radical (unpaired) electrons. The van der Waals surface area contributed by atoms with Crippen LogP contribution in [0, 0.1) is 13.8 Å². The van der Waals surface area contributed by atoms with E-state index in [0.717, 1.165) is 17.0 Å². The minimum atomic E-state index is -1.12. The molecule has 0 aliphatic carbocycles. The minimum absolute atomic E-state index is 0.0553. The minimum Gasteiger partial charge on any atom is -0.447 e. The van der Waals surface area contributed by atoms with Gasteiger partial charge >= 0.3 is 10.8 Å². The van der Waals surface area contributed by atoms with Crippen molar-refractivity contribution in [2.45, 2.75) is 39.3 Å². The SMILES string of the molecule is Cc1cc(NC(=O)C(OC(=O)CCCn2c(C)csc2=O)c2ccccc2)no1. The molecule has 0 aliphatic rings. The highest BCUT2D eigenvalue weighted by Gasteiger charge is 2.25. The zero-order valence-corrected chi connectivity index (χ0v) is 16.9. The van der Waals surface area contributed by atoms with Gasteiger partial charge < -0.3 is 19.1 Å². The van der Waals surface area contributed by atoms with Gasteiger partial charge in [0, 0.05) is 35.7 Å². The third-order valence-corrected chi connectivity index (χ3v) is 5.09. The van der Waals surface area contributed by atoms with Crippen molar-refractivity contribution in [3.05, 3.63) is 68.5 Å². The number of esters is 1. The van der Waals surface area contributed by atoms with Gasteiger partial charge in [0.25, 0.3) is 5.91 Å². The van der Waals surface area contributed by atoms with Crippen molar-refractivity contribution in [2.75, 3.05) is 5.32 Å². The normalized spacial score (nSPS) is 11.8. The molecule has 2 aromatic heterocycles. The van der Waals surface area contributed by atoms with Crippen LogP contribution in [0.4, 0.5) is 5.82 Å². The second kappa shape index (κ2) is 9.33. The Kier molecular flexibility index (Phi) is 6.61. The van der Waals surface area contributed by atoms with Crippen LogP contribution in [0.3, 0.4) is 0 Å². The highest BCUT2D eigenvalue weighted by Crippen LogP contribution is 2.21. The Hall–Kier alpha value is -3.20. The number of hydrogen-bond donors (Lipinski definition) is 1. The van der Waals surface area contributed by atoms with E-state index in [9.17, 15) is 14.4 Å². The van der Waals surface area contributed by atoms with Gasteiger partial charge in [-0.05, 0) is 20.3 Å². The summed E-state index contributed by atoms with van der Waals surface area (Å²) < 4.78 is 12.0. The summed E-state index contributed by atoms with van der Waals surface area (Å²) in [4.78, 5) is 36.7. The van der Waals surface area contributed by atoms with Crippen LogP contribution >= 0.6 is 11.3 Å². The number of thiazole rings is 1. The summed E-state index contributed by atoms with van der Waals surface area (Å²) in [6, 6.07) is 10.3. The molecule has 152 valence electrons. The molecule has 3 rings (SSSR count). The topological polar surface area (TPSA) is 103 Å². The van der Waals surface area contributed by atoms with Crippen LogP contribution in [0.15, 0.2) is 51.1 Å². The first-order chi connectivity index (χ1) is 13.9. The molecule has 0 saturated carbocycles. The Morgan fingerprint density at radius 2 is 2.03 bits per heavy atom. The smallest absolute Gasteiger partial charge is 0.307 e. The number of amides is 1. The average Bonchev–Trinajstić information content (AvgIpc) is 3.26. The van der Waals surface area contributed by atoms with E-state index in [1.54, 1.807) is 47.2 Å². The quantitative estimate of drug-likeness (QED) is 0.567. The van der Waals surface area contributed by atoms with Crippen LogP contribution in [0.1, 0.15) is 36.0 Å². The standard InChI is InChI=1S/C20H21N3O5S/c1-13-12-29-20(26)23(13)10-6-9-17(24)27-18(15-7-4-3-5-8-15)19(25)21-16-11-14(2)28-22-16/h3-5,7-8,11-12,18H,6,9-10H2,1-2H3,(H,21,22,25). The number of anilines is 1. The van der Waals surface area contributed by atoms with E-state index in [1.165, 1.54) is 0 Å². The molecule has 2 heterocycles. The number of hydrogen-bond acceptors (Lipinski definition) is 7. The van der Waals surface area contributed by atoms with Crippen LogP contribution in [0.2, 0.25) is 0 Å². The Bertz CT molecular complexity index is 1040. The first-order valence-electron chi connectivity index (χ1n) is 9.07. The summed E-state index contributed by atoms with van der Waals surface area (Å²) in [7, 11) is 0. The number of benzene rings is 1. The van der Waals surface area contributed by atoms with Crippen LogP contribution in [0.5, 0.6) is 0 Å². The van der Waals surface area contributed by atoms with Gasteiger partial charge in [-0.25, -0.2) is 0 Å². The summed E-state index contributed by atoms with van der Waals surface area (Å²) in [6.07, 6.45) is -0.602. The van der Waals surface area contributed by atoms with Gasteiger partial charge in [0.2, 0.25) is 6.10 Å². The lowest BCUT2D eigenvalue weighted by Gasteiger charge is -2.17. The van der Waals surface area contributed by atoms with Crippen LogP contribution in [-0.2, 0) is 20.9 Å². The molecule has 8 nitrogen and oxygen atoms in total. The number of carbonyl (C=O) groups excluding carboxylic acids is 2. The molecule has 0 spiro atoms. The monoisotopic (exact) mass is 415 g/mol. The Morgan fingerprint density at radius 1 is 1.28 bits per heavy atom. The van der Waals surface area contributed by atoms with E-state index >= 15 is 0 Å². The van der Waals surface area contributed by atoms with Gasteiger partial charge in [-0.3, -0.25) is 14.4 Å². The van der Waals surface area contributed by atoms with Crippen LogP contribution in [-0.4, -0.2) is 21.6 Å². The van der Waals surface area contributed by atoms with Crippen molar-refractivity contribution in [1.82, 2.24) is 9.72 Å². The van der Waals surface area contributed by atoms with Gasteiger partial charge in [0.1, 0.15) is 5.76 Å². The summed E-state index contributed by atoms with van der Waals surface area (Å²) >= 11 is 1.13. The van der Waals surface area contributed by atoms with Crippen molar-refractivity contribution < 1.29 is 18.8 Å². The Balaban J connectivity index is 1.64. The van der Waals surface area contributed by atoms with E-state index in [-0.39, 0.29) is 17.1 Å². The Morgan fingerprint density at radius 3 is 2.66 bits per heavy atom. The predicted molar refractivity (Wildman–Crippen MR) is 108 cm³/mol. The molecular weight excluding hydrogens is 394 g/mol. The number of aryl methyl sites for hydroxylation is 2. The number of carbonyl (C=O) groups is 2. The van der Waals surface area contributed by atoms with Crippen molar-refractivity contribution in [2.24, 2.45) is 0 Å². The van der Waals surface area contributed by atoms with Gasteiger partial charge in [0.15, 0.2) is 5.82 Å². The summed E-state index contributed by atoms with van der Waals surface area (Å²) in [5.41, 5.74) is 1.40.